The van der Waals surface area contributed by atoms with Crippen molar-refractivity contribution in [3.8, 4) is 0 Å². The fourth-order valence-corrected chi connectivity index (χ4v) is 3.05. The van der Waals surface area contributed by atoms with Crippen molar-refractivity contribution >= 4 is 11.7 Å². The average Bonchev–Trinajstić information content (AvgIpc) is 3.09. The Kier molecular flexibility index (Phi) is 4.98. The largest absolute Gasteiger partial charge is 0.359 e. The molecule has 1 amide bonds. The number of carbonyl (C=O) groups is 1. The Morgan fingerprint density at radius 2 is 2.25 bits per heavy atom. The van der Waals surface area contributed by atoms with E-state index in [0.29, 0.717) is 12.8 Å². The van der Waals surface area contributed by atoms with Crippen molar-refractivity contribution in [2.75, 3.05) is 18.5 Å². The van der Waals surface area contributed by atoms with Crippen molar-refractivity contribution in [3.05, 3.63) is 41.9 Å². The molecule has 2 aromatic heterocycles. The van der Waals surface area contributed by atoms with Gasteiger partial charge in [-0.1, -0.05) is 0 Å². The van der Waals surface area contributed by atoms with Gasteiger partial charge in [0.15, 0.2) is 5.82 Å². The van der Waals surface area contributed by atoms with Gasteiger partial charge in [-0.2, -0.15) is 0 Å². The van der Waals surface area contributed by atoms with Gasteiger partial charge in [-0.3, -0.25) is 9.78 Å². The number of amides is 1. The third-order valence-corrected chi connectivity index (χ3v) is 4.21. The number of hydrogen-bond donors (Lipinski definition) is 1. The summed E-state index contributed by atoms with van der Waals surface area (Å²) in [5.74, 6) is 1.69. The second-order valence-corrected chi connectivity index (χ2v) is 5.95. The number of aryl methyl sites for hydroxylation is 2. The molecule has 1 aliphatic heterocycles. The summed E-state index contributed by atoms with van der Waals surface area (Å²) in [6, 6.07) is 2.06. The lowest BCUT2D eigenvalue weighted by atomic mass is 10.1. The summed E-state index contributed by atoms with van der Waals surface area (Å²) in [5, 5.41) is 2.64. The van der Waals surface area contributed by atoms with E-state index in [2.05, 4.69) is 25.2 Å². The van der Waals surface area contributed by atoms with Crippen molar-refractivity contribution in [1.29, 1.82) is 0 Å². The maximum absolute atomic E-state index is 11.5. The zero-order chi connectivity index (χ0) is 16.9. The van der Waals surface area contributed by atoms with Crippen molar-refractivity contribution < 1.29 is 4.79 Å². The standard InChI is InChI=1S/C17H22N6O/c1-12-10-13(5-6-16(24)18-2)22-17(21-12)14-4-3-9-23(14)15-11-19-7-8-20-15/h7-8,10-11,14H,3-6,9H2,1-2H3,(H,18,24). The van der Waals surface area contributed by atoms with E-state index < -0.39 is 0 Å². The molecule has 1 saturated heterocycles. The van der Waals surface area contributed by atoms with E-state index in [1.54, 1.807) is 25.6 Å². The van der Waals surface area contributed by atoms with E-state index in [4.69, 9.17) is 4.98 Å². The van der Waals surface area contributed by atoms with Crippen molar-refractivity contribution in [2.45, 2.75) is 38.6 Å². The lowest BCUT2D eigenvalue weighted by Crippen LogP contribution is -2.26. The highest BCUT2D eigenvalue weighted by Gasteiger charge is 2.29. The minimum absolute atomic E-state index is 0.0230. The fourth-order valence-electron chi connectivity index (χ4n) is 3.05. The molecule has 0 saturated carbocycles. The smallest absolute Gasteiger partial charge is 0.220 e. The number of aromatic nitrogens is 4. The van der Waals surface area contributed by atoms with Gasteiger partial charge in [0.1, 0.15) is 5.82 Å². The van der Waals surface area contributed by atoms with E-state index in [1.807, 2.05) is 13.0 Å². The topological polar surface area (TPSA) is 83.9 Å². The van der Waals surface area contributed by atoms with Crippen LogP contribution in [0.1, 0.15) is 42.5 Å². The number of carbonyl (C=O) groups excluding carboxylic acids is 1. The van der Waals surface area contributed by atoms with Crippen LogP contribution in [-0.2, 0) is 11.2 Å². The maximum atomic E-state index is 11.5. The summed E-state index contributed by atoms with van der Waals surface area (Å²) in [5.41, 5.74) is 1.84. The first-order valence-corrected chi connectivity index (χ1v) is 8.25. The third-order valence-electron chi connectivity index (χ3n) is 4.21. The minimum atomic E-state index is 0.0230. The van der Waals surface area contributed by atoms with E-state index in [-0.39, 0.29) is 11.9 Å². The normalized spacial score (nSPS) is 17.1. The van der Waals surface area contributed by atoms with E-state index in [9.17, 15) is 4.79 Å². The molecule has 1 atom stereocenters. The number of anilines is 1. The van der Waals surface area contributed by atoms with Crippen LogP contribution >= 0.6 is 0 Å². The van der Waals surface area contributed by atoms with Gasteiger partial charge in [0.2, 0.25) is 5.91 Å². The van der Waals surface area contributed by atoms with Crippen LogP contribution in [0.2, 0.25) is 0 Å². The van der Waals surface area contributed by atoms with Crippen LogP contribution in [0.25, 0.3) is 0 Å². The Morgan fingerprint density at radius 3 is 3.00 bits per heavy atom. The summed E-state index contributed by atoms with van der Waals surface area (Å²) < 4.78 is 0. The molecule has 126 valence electrons. The van der Waals surface area contributed by atoms with Crippen LogP contribution in [0.5, 0.6) is 0 Å². The highest BCUT2D eigenvalue weighted by molar-refractivity contribution is 5.75. The molecule has 1 N–H and O–H groups in total. The SMILES string of the molecule is CNC(=O)CCc1cc(C)nc(C2CCCN2c2cnccn2)n1. The predicted octanol–water partition coefficient (Wildman–Crippen LogP) is 1.60. The zero-order valence-corrected chi connectivity index (χ0v) is 14.1. The second-order valence-electron chi connectivity index (χ2n) is 5.95. The van der Waals surface area contributed by atoms with E-state index in [0.717, 1.165) is 42.4 Å². The Bertz CT molecular complexity index is 705. The van der Waals surface area contributed by atoms with Gasteiger partial charge in [0.05, 0.1) is 12.2 Å². The highest BCUT2D eigenvalue weighted by Crippen LogP contribution is 2.33. The molecule has 1 unspecified atom stereocenters. The van der Waals surface area contributed by atoms with Gasteiger partial charge >= 0.3 is 0 Å². The van der Waals surface area contributed by atoms with Crippen LogP contribution in [0.15, 0.2) is 24.7 Å². The van der Waals surface area contributed by atoms with Gasteiger partial charge in [0, 0.05) is 43.8 Å². The van der Waals surface area contributed by atoms with E-state index in [1.165, 1.54) is 0 Å². The molecule has 0 aromatic carbocycles. The van der Waals surface area contributed by atoms with Crippen molar-refractivity contribution in [3.63, 3.8) is 0 Å². The molecule has 1 fully saturated rings. The monoisotopic (exact) mass is 326 g/mol. The number of nitrogens with one attached hydrogen (secondary N) is 1. The van der Waals surface area contributed by atoms with Gasteiger partial charge < -0.3 is 10.2 Å². The molecule has 2 aromatic rings. The summed E-state index contributed by atoms with van der Waals surface area (Å²) in [6.45, 7) is 2.89. The van der Waals surface area contributed by atoms with Gasteiger partial charge in [0.25, 0.3) is 0 Å². The maximum Gasteiger partial charge on any atom is 0.220 e. The van der Waals surface area contributed by atoms with Crippen LogP contribution in [0.3, 0.4) is 0 Å². The average molecular weight is 326 g/mol. The Balaban J connectivity index is 1.82. The fraction of sp³-hybridized carbons (Fsp3) is 0.471. The van der Waals surface area contributed by atoms with Gasteiger partial charge in [-0.05, 0) is 32.3 Å². The second kappa shape index (κ2) is 7.33. The zero-order valence-electron chi connectivity index (χ0n) is 14.1. The van der Waals surface area contributed by atoms with Crippen LogP contribution in [-0.4, -0.2) is 39.4 Å². The third kappa shape index (κ3) is 3.67. The van der Waals surface area contributed by atoms with E-state index >= 15 is 0 Å². The molecule has 3 rings (SSSR count). The molecule has 24 heavy (non-hydrogen) atoms. The molecule has 0 aliphatic carbocycles. The summed E-state index contributed by atoms with van der Waals surface area (Å²) in [4.78, 5) is 31.6. The molecule has 0 bridgehead atoms. The first kappa shape index (κ1) is 16.3. The highest BCUT2D eigenvalue weighted by atomic mass is 16.1. The molecule has 7 nitrogen and oxygen atoms in total. The molecular weight excluding hydrogens is 304 g/mol. The summed E-state index contributed by atoms with van der Waals surface area (Å²) in [6.07, 6.45) is 8.28. The van der Waals surface area contributed by atoms with Crippen LogP contribution < -0.4 is 10.2 Å². The molecule has 7 heteroatoms. The summed E-state index contributed by atoms with van der Waals surface area (Å²) >= 11 is 0. The Morgan fingerprint density at radius 1 is 1.38 bits per heavy atom. The molecule has 0 radical (unpaired) electrons. The minimum Gasteiger partial charge on any atom is -0.359 e. The Hall–Kier alpha value is -2.57. The first-order chi connectivity index (χ1) is 11.7. The molecule has 3 heterocycles. The van der Waals surface area contributed by atoms with Crippen molar-refractivity contribution in [1.82, 2.24) is 25.3 Å². The first-order valence-electron chi connectivity index (χ1n) is 8.25. The van der Waals surface area contributed by atoms with Gasteiger partial charge in [-0.15, -0.1) is 0 Å². The molecule has 0 spiro atoms. The van der Waals surface area contributed by atoms with Gasteiger partial charge in [-0.25, -0.2) is 15.0 Å². The number of hydrogen-bond acceptors (Lipinski definition) is 6. The molecular formula is C17H22N6O. The lowest BCUT2D eigenvalue weighted by Gasteiger charge is -2.24. The Labute approximate surface area is 141 Å². The van der Waals surface area contributed by atoms with Crippen LogP contribution in [0.4, 0.5) is 5.82 Å². The number of rotatable bonds is 5. The summed E-state index contributed by atoms with van der Waals surface area (Å²) in [7, 11) is 1.65. The lowest BCUT2D eigenvalue weighted by molar-refractivity contribution is -0.120. The van der Waals surface area contributed by atoms with Crippen LogP contribution in [0, 0.1) is 6.92 Å². The quantitative estimate of drug-likeness (QED) is 0.898. The molecule has 1 aliphatic rings. The van der Waals surface area contributed by atoms with Crippen molar-refractivity contribution in [2.24, 2.45) is 0 Å². The predicted molar refractivity (Wildman–Crippen MR) is 90.5 cm³/mol. The number of nitrogens with zero attached hydrogens (tertiary/aromatic N) is 5.